The van der Waals surface area contributed by atoms with E-state index in [2.05, 4.69) is 0 Å². The second kappa shape index (κ2) is 11.3. The van der Waals surface area contributed by atoms with Crippen molar-refractivity contribution in [2.75, 3.05) is 46.2 Å². The van der Waals surface area contributed by atoms with Gasteiger partial charge in [-0.1, -0.05) is 13.8 Å². The molecule has 0 rings (SSSR count). The molecule has 0 saturated carbocycles. The number of ether oxygens (including phenoxy) is 3. The van der Waals surface area contributed by atoms with Crippen molar-refractivity contribution in [3.8, 4) is 0 Å². The van der Waals surface area contributed by atoms with E-state index in [4.69, 9.17) is 19.3 Å². The van der Waals surface area contributed by atoms with Gasteiger partial charge in [-0.3, -0.25) is 0 Å². The molecule has 0 bridgehead atoms. The van der Waals surface area contributed by atoms with Crippen molar-refractivity contribution in [1.82, 2.24) is 0 Å². The molecule has 0 aliphatic heterocycles. The van der Waals surface area contributed by atoms with Crippen LogP contribution in [-0.4, -0.2) is 62.6 Å². The molecule has 0 aliphatic rings. The molecule has 5 heteroatoms. The monoisotopic (exact) mass is 236 g/mol. The summed E-state index contributed by atoms with van der Waals surface area (Å²) in [4.78, 5) is 0. The fourth-order valence-electron chi connectivity index (χ4n) is 0.901. The third-order valence-corrected chi connectivity index (χ3v) is 2.04. The molecule has 2 N–H and O–H groups in total. The average molecular weight is 236 g/mol. The van der Waals surface area contributed by atoms with Crippen LogP contribution in [-0.2, 0) is 14.2 Å². The van der Waals surface area contributed by atoms with E-state index in [0.29, 0.717) is 39.6 Å². The van der Waals surface area contributed by atoms with Crippen molar-refractivity contribution >= 4 is 0 Å². The summed E-state index contributed by atoms with van der Waals surface area (Å²) >= 11 is 0. The van der Waals surface area contributed by atoms with Gasteiger partial charge in [-0.05, 0) is 5.92 Å². The average Bonchev–Trinajstić information content (AvgIpc) is 2.26. The van der Waals surface area contributed by atoms with E-state index in [1.54, 1.807) is 0 Å². The Balaban J connectivity index is 3.04. The first-order valence-corrected chi connectivity index (χ1v) is 5.70. The first kappa shape index (κ1) is 15.8. The van der Waals surface area contributed by atoms with Gasteiger partial charge in [0.15, 0.2) is 0 Å². The molecule has 0 aliphatic carbocycles. The van der Waals surface area contributed by atoms with Gasteiger partial charge in [-0.25, -0.2) is 0 Å². The van der Waals surface area contributed by atoms with Crippen molar-refractivity contribution < 1.29 is 24.4 Å². The highest BCUT2D eigenvalue weighted by Gasteiger charge is 2.08. The minimum Gasteiger partial charge on any atom is -0.394 e. The maximum absolute atomic E-state index is 9.42. The molecular formula is C11H24O5. The summed E-state index contributed by atoms with van der Waals surface area (Å²) < 4.78 is 15.4. The SMILES string of the molecule is CC(C)C(O)COCCOCCOCCO. The summed E-state index contributed by atoms with van der Waals surface area (Å²) in [6, 6.07) is 0. The van der Waals surface area contributed by atoms with Crippen LogP contribution in [0.2, 0.25) is 0 Å². The normalized spacial score (nSPS) is 13.3. The van der Waals surface area contributed by atoms with E-state index < -0.39 is 6.10 Å². The maximum Gasteiger partial charge on any atom is 0.0796 e. The molecule has 1 unspecified atom stereocenters. The van der Waals surface area contributed by atoms with Crippen LogP contribution < -0.4 is 0 Å². The van der Waals surface area contributed by atoms with Gasteiger partial charge in [0.25, 0.3) is 0 Å². The highest BCUT2D eigenvalue weighted by Crippen LogP contribution is 2.00. The van der Waals surface area contributed by atoms with Gasteiger partial charge in [-0.2, -0.15) is 0 Å². The Hall–Kier alpha value is -0.200. The maximum atomic E-state index is 9.42. The number of aliphatic hydroxyl groups excluding tert-OH is 2. The second-order valence-corrected chi connectivity index (χ2v) is 3.83. The lowest BCUT2D eigenvalue weighted by atomic mass is 10.1. The number of hydrogen-bond acceptors (Lipinski definition) is 5. The zero-order valence-corrected chi connectivity index (χ0v) is 10.2. The van der Waals surface area contributed by atoms with Gasteiger partial charge in [-0.15, -0.1) is 0 Å². The van der Waals surface area contributed by atoms with Crippen molar-refractivity contribution in [1.29, 1.82) is 0 Å². The third kappa shape index (κ3) is 10.3. The van der Waals surface area contributed by atoms with Crippen LogP contribution in [0.1, 0.15) is 13.8 Å². The first-order chi connectivity index (χ1) is 7.68. The summed E-state index contributed by atoms with van der Waals surface area (Å²) in [6.45, 7) is 6.58. The Bertz CT molecular complexity index is 140. The molecule has 0 amide bonds. The van der Waals surface area contributed by atoms with Gasteiger partial charge >= 0.3 is 0 Å². The Labute approximate surface area is 97.3 Å². The predicted octanol–water partition coefficient (Wildman–Crippen LogP) is 0.0454. The van der Waals surface area contributed by atoms with Gasteiger partial charge in [0.2, 0.25) is 0 Å². The van der Waals surface area contributed by atoms with Crippen LogP contribution in [0.25, 0.3) is 0 Å². The Morgan fingerprint density at radius 3 is 1.88 bits per heavy atom. The third-order valence-electron chi connectivity index (χ3n) is 2.04. The molecule has 0 saturated heterocycles. The van der Waals surface area contributed by atoms with E-state index in [-0.39, 0.29) is 12.5 Å². The molecular weight excluding hydrogens is 212 g/mol. The van der Waals surface area contributed by atoms with E-state index in [9.17, 15) is 5.11 Å². The van der Waals surface area contributed by atoms with Crippen LogP contribution in [0.3, 0.4) is 0 Å². The fraction of sp³-hybridized carbons (Fsp3) is 1.00. The number of aliphatic hydroxyl groups is 2. The fourth-order valence-corrected chi connectivity index (χ4v) is 0.901. The quantitative estimate of drug-likeness (QED) is 0.496. The van der Waals surface area contributed by atoms with Gasteiger partial charge < -0.3 is 24.4 Å². The molecule has 98 valence electrons. The first-order valence-electron chi connectivity index (χ1n) is 5.70. The number of rotatable bonds is 11. The van der Waals surface area contributed by atoms with Crippen molar-refractivity contribution in [3.05, 3.63) is 0 Å². The molecule has 5 nitrogen and oxygen atoms in total. The van der Waals surface area contributed by atoms with Crippen LogP contribution in [0.15, 0.2) is 0 Å². The number of hydrogen-bond donors (Lipinski definition) is 2. The van der Waals surface area contributed by atoms with Crippen molar-refractivity contribution in [2.24, 2.45) is 5.92 Å². The molecule has 0 spiro atoms. The van der Waals surface area contributed by atoms with Crippen molar-refractivity contribution in [3.63, 3.8) is 0 Å². The van der Waals surface area contributed by atoms with E-state index in [0.717, 1.165) is 0 Å². The molecule has 0 fully saturated rings. The van der Waals surface area contributed by atoms with Gasteiger partial charge in [0.05, 0.1) is 52.4 Å². The summed E-state index contributed by atoms with van der Waals surface area (Å²) in [5.41, 5.74) is 0. The van der Waals surface area contributed by atoms with Crippen LogP contribution >= 0.6 is 0 Å². The molecule has 0 radical (unpaired) electrons. The van der Waals surface area contributed by atoms with E-state index >= 15 is 0 Å². The lowest BCUT2D eigenvalue weighted by molar-refractivity contribution is -0.0222. The lowest BCUT2D eigenvalue weighted by Crippen LogP contribution is -2.22. The molecule has 0 heterocycles. The van der Waals surface area contributed by atoms with E-state index in [1.165, 1.54) is 0 Å². The highest BCUT2D eigenvalue weighted by atomic mass is 16.5. The molecule has 0 aromatic rings. The van der Waals surface area contributed by atoms with Gasteiger partial charge in [0, 0.05) is 0 Å². The second-order valence-electron chi connectivity index (χ2n) is 3.83. The molecule has 16 heavy (non-hydrogen) atoms. The minimum absolute atomic E-state index is 0.0379. The summed E-state index contributed by atoms with van der Waals surface area (Å²) in [7, 11) is 0. The van der Waals surface area contributed by atoms with Crippen LogP contribution in [0.4, 0.5) is 0 Å². The molecule has 1 atom stereocenters. The lowest BCUT2D eigenvalue weighted by Gasteiger charge is -2.14. The van der Waals surface area contributed by atoms with Crippen molar-refractivity contribution in [2.45, 2.75) is 20.0 Å². The molecule has 0 aromatic carbocycles. The summed E-state index contributed by atoms with van der Waals surface area (Å²) in [5.74, 6) is 0.216. The Morgan fingerprint density at radius 1 is 0.875 bits per heavy atom. The smallest absolute Gasteiger partial charge is 0.0796 e. The Kier molecular flexibility index (Phi) is 11.1. The standard InChI is InChI=1S/C11H24O5/c1-10(2)11(13)9-16-8-7-15-6-5-14-4-3-12/h10-13H,3-9H2,1-2H3. The van der Waals surface area contributed by atoms with E-state index in [1.807, 2.05) is 13.8 Å². The summed E-state index contributed by atoms with van der Waals surface area (Å²) in [6.07, 6.45) is -0.409. The van der Waals surface area contributed by atoms with Crippen LogP contribution in [0.5, 0.6) is 0 Å². The predicted molar refractivity (Wildman–Crippen MR) is 60.4 cm³/mol. The Morgan fingerprint density at radius 2 is 1.38 bits per heavy atom. The van der Waals surface area contributed by atoms with Crippen LogP contribution in [0, 0.1) is 5.92 Å². The molecule has 0 aromatic heterocycles. The largest absolute Gasteiger partial charge is 0.394 e. The minimum atomic E-state index is -0.409. The highest BCUT2D eigenvalue weighted by molar-refractivity contribution is 4.57. The zero-order chi connectivity index (χ0) is 12.2. The zero-order valence-electron chi connectivity index (χ0n) is 10.2. The summed E-state index contributed by atoms with van der Waals surface area (Å²) in [5, 5.41) is 17.8. The van der Waals surface area contributed by atoms with Gasteiger partial charge in [0.1, 0.15) is 0 Å². The topological polar surface area (TPSA) is 68.2 Å².